The molecule has 1 amide bonds. The zero-order chi connectivity index (χ0) is 18.6. The van der Waals surface area contributed by atoms with E-state index in [2.05, 4.69) is 20.4 Å². The highest BCUT2D eigenvalue weighted by molar-refractivity contribution is 5.78. The largest absolute Gasteiger partial charge is 0.352 e. The first-order valence-electron chi connectivity index (χ1n) is 9.78. The van der Waals surface area contributed by atoms with Crippen LogP contribution in [0.25, 0.3) is 11.4 Å². The molecule has 7 heteroatoms. The molecule has 0 unspecified atom stereocenters. The average Bonchev–Trinajstić information content (AvgIpc) is 3.34. The first-order valence-corrected chi connectivity index (χ1v) is 9.78. The summed E-state index contributed by atoms with van der Waals surface area (Å²) in [5, 5.41) is 7.14. The van der Waals surface area contributed by atoms with Gasteiger partial charge in [-0.3, -0.25) is 9.69 Å². The van der Waals surface area contributed by atoms with Crippen LogP contribution in [0.5, 0.6) is 0 Å². The first-order chi connectivity index (χ1) is 13.2. The average molecular weight is 372 g/mol. The number of piperidine rings is 1. The van der Waals surface area contributed by atoms with Crippen LogP contribution < -0.4 is 5.32 Å². The van der Waals surface area contributed by atoms with Crippen LogP contribution in [0.2, 0.25) is 0 Å². The molecule has 1 saturated heterocycles. The van der Waals surface area contributed by atoms with Gasteiger partial charge in [-0.25, -0.2) is 4.39 Å². The van der Waals surface area contributed by atoms with Gasteiger partial charge in [-0.1, -0.05) is 30.1 Å². The van der Waals surface area contributed by atoms with E-state index in [1.165, 1.54) is 25.0 Å². The lowest BCUT2D eigenvalue weighted by Crippen LogP contribution is -2.43. The quantitative estimate of drug-likeness (QED) is 0.873. The molecule has 1 aliphatic heterocycles. The normalized spacial score (nSPS) is 19.4. The number of amides is 1. The van der Waals surface area contributed by atoms with Gasteiger partial charge < -0.3 is 9.84 Å². The van der Waals surface area contributed by atoms with E-state index in [1.807, 2.05) is 0 Å². The van der Waals surface area contributed by atoms with Crippen molar-refractivity contribution in [1.82, 2.24) is 20.4 Å². The van der Waals surface area contributed by atoms with Crippen molar-refractivity contribution in [3.8, 4) is 11.4 Å². The summed E-state index contributed by atoms with van der Waals surface area (Å²) < 4.78 is 18.8. The Kier molecular flexibility index (Phi) is 5.48. The van der Waals surface area contributed by atoms with Gasteiger partial charge in [0, 0.05) is 17.5 Å². The summed E-state index contributed by atoms with van der Waals surface area (Å²) >= 11 is 0. The van der Waals surface area contributed by atoms with Crippen LogP contribution in [0, 0.1) is 5.82 Å². The fraction of sp³-hybridized carbons (Fsp3) is 0.550. The van der Waals surface area contributed by atoms with Crippen LogP contribution in [-0.4, -0.2) is 46.6 Å². The lowest BCUT2D eigenvalue weighted by Gasteiger charge is -2.30. The molecule has 6 nitrogen and oxygen atoms in total. The molecule has 2 heterocycles. The minimum absolute atomic E-state index is 0.131. The molecule has 27 heavy (non-hydrogen) atoms. The fourth-order valence-corrected chi connectivity index (χ4v) is 4.03. The molecule has 1 N–H and O–H groups in total. The molecule has 2 aliphatic rings. The lowest BCUT2D eigenvalue weighted by molar-refractivity contribution is -0.123. The third kappa shape index (κ3) is 4.53. The monoisotopic (exact) mass is 372 g/mol. The number of benzene rings is 1. The number of carbonyl (C=O) groups excluding carboxylic acids is 1. The maximum atomic E-state index is 13.4. The standard InChI is InChI=1S/C20H25FN4O2/c21-16-5-3-4-15(12-16)19-23-20(27-24-19)14-8-10-25(11-9-14)13-18(26)22-17-6-1-2-7-17/h3-5,12,14,17H,1-2,6-11,13H2,(H,22,26). The summed E-state index contributed by atoms with van der Waals surface area (Å²) in [4.78, 5) is 18.8. The molecule has 2 aromatic rings. The second-order valence-corrected chi connectivity index (χ2v) is 7.57. The molecular formula is C20H25FN4O2. The summed E-state index contributed by atoms with van der Waals surface area (Å²) in [5.74, 6) is 1.02. The highest BCUT2D eigenvalue weighted by Crippen LogP contribution is 2.28. The van der Waals surface area contributed by atoms with Crippen LogP contribution in [0.3, 0.4) is 0 Å². The number of nitrogens with one attached hydrogen (secondary N) is 1. The summed E-state index contributed by atoms with van der Waals surface area (Å²) in [6.07, 6.45) is 6.41. The Morgan fingerprint density at radius 3 is 2.74 bits per heavy atom. The van der Waals surface area contributed by atoms with Gasteiger partial charge in [-0.2, -0.15) is 4.98 Å². The Balaban J connectivity index is 1.28. The molecule has 1 aliphatic carbocycles. The lowest BCUT2D eigenvalue weighted by atomic mass is 9.97. The Labute approximate surface area is 158 Å². The zero-order valence-electron chi connectivity index (χ0n) is 15.4. The van der Waals surface area contributed by atoms with Crippen LogP contribution in [0.1, 0.15) is 50.3 Å². The number of hydrogen-bond acceptors (Lipinski definition) is 5. The fourth-order valence-electron chi connectivity index (χ4n) is 4.03. The van der Waals surface area contributed by atoms with Gasteiger partial charge in [0.05, 0.1) is 6.54 Å². The van der Waals surface area contributed by atoms with Gasteiger partial charge in [0.1, 0.15) is 5.82 Å². The number of nitrogens with zero attached hydrogens (tertiary/aromatic N) is 3. The van der Waals surface area contributed by atoms with Crippen LogP contribution in [-0.2, 0) is 4.79 Å². The number of halogens is 1. The molecule has 0 radical (unpaired) electrons. The van der Waals surface area contributed by atoms with E-state index in [0.29, 0.717) is 29.9 Å². The molecule has 1 aromatic heterocycles. The van der Waals surface area contributed by atoms with E-state index in [-0.39, 0.29) is 17.6 Å². The third-order valence-corrected chi connectivity index (χ3v) is 5.55. The second-order valence-electron chi connectivity index (χ2n) is 7.57. The minimum Gasteiger partial charge on any atom is -0.352 e. The van der Waals surface area contributed by atoms with Crippen LogP contribution in [0.15, 0.2) is 28.8 Å². The minimum atomic E-state index is -0.317. The van der Waals surface area contributed by atoms with E-state index in [4.69, 9.17) is 4.52 Å². The molecule has 0 atom stereocenters. The smallest absolute Gasteiger partial charge is 0.234 e. The molecule has 144 valence electrons. The number of likely N-dealkylation sites (tertiary alicyclic amines) is 1. The third-order valence-electron chi connectivity index (χ3n) is 5.55. The number of hydrogen-bond donors (Lipinski definition) is 1. The van der Waals surface area contributed by atoms with Crippen molar-refractivity contribution < 1.29 is 13.7 Å². The molecule has 0 bridgehead atoms. The predicted molar refractivity (Wildman–Crippen MR) is 98.5 cm³/mol. The molecule has 0 spiro atoms. The Morgan fingerprint density at radius 2 is 2.00 bits per heavy atom. The Morgan fingerprint density at radius 1 is 1.22 bits per heavy atom. The highest BCUT2D eigenvalue weighted by Gasteiger charge is 2.27. The van der Waals surface area contributed by atoms with Gasteiger partial charge in [-0.05, 0) is 50.9 Å². The first kappa shape index (κ1) is 18.1. The molecular weight excluding hydrogens is 347 g/mol. The SMILES string of the molecule is O=C(CN1CCC(c2nc(-c3cccc(F)c3)no2)CC1)NC1CCCC1. The van der Waals surface area contributed by atoms with E-state index in [0.717, 1.165) is 38.8 Å². The van der Waals surface area contributed by atoms with Crippen molar-refractivity contribution in [1.29, 1.82) is 0 Å². The van der Waals surface area contributed by atoms with Crippen molar-refractivity contribution in [2.75, 3.05) is 19.6 Å². The van der Waals surface area contributed by atoms with E-state index in [1.54, 1.807) is 12.1 Å². The number of carbonyl (C=O) groups is 1. The van der Waals surface area contributed by atoms with Crippen molar-refractivity contribution in [3.05, 3.63) is 36.0 Å². The number of aromatic nitrogens is 2. The Hall–Kier alpha value is -2.28. The van der Waals surface area contributed by atoms with Gasteiger partial charge >= 0.3 is 0 Å². The Bertz CT molecular complexity index is 780. The summed E-state index contributed by atoms with van der Waals surface area (Å²) in [5.41, 5.74) is 0.617. The zero-order valence-corrected chi connectivity index (χ0v) is 15.4. The van der Waals surface area contributed by atoms with Gasteiger partial charge in [0.2, 0.25) is 17.6 Å². The predicted octanol–water partition coefficient (Wildman–Crippen LogP) is 3.11. The second kappa shape index (κ2) is 8.17. The van der Waals surface area contributed by atoms with E-state index in [9.17, 15) is 9.18 Å². The maximum Gasteiger partial charge on any atom is 0.234 e. The van der Waals surface area contributed by atoms with Crippen molar-refractivity contribution >= 4 is 5.91 Å². The van der Waals surface area contributed by atoms with Crippen LogP contribution in [0.4, 0.5) is 4.39 Å². The molecule has 2 fully saturated rings. The summed E-state index contributed by atoms with van der Waals surface area (Å²) in [6, 6.07) is 6.57. The topological polar surface area (TPSA) is 71.3 Å². The van der Waals surface area contributed by atoms with Gasteiger partial charge in [0.15, 0.2) is 0 Å². The van der Waals surface area contributed by atoms with Crippen molar-refractivity contribution in [3.63, 3.8) is 0 Å². The van der Waals surface area contributed by atoms with E-state index >= 15 is 0 Å². The number of rotatable bonds is 5. The molecule has 1 aromatic carbocycles. The van der Waals surface area contributed by atoms with Crippen LogP contribution >= 0.6 is 0 Å². The summed E-state index contributed by atoms with van der Waals surface area (Å²) in [6.45, 7) is 2.13. The highest BCUT2D eigenvalue weighted by atomic mass is 19.1. The molecule has 4 rings (SSSR count). The maximum absolute atomic E-state index is 13.4. The van der Waals surface area contributed by atoms with E-state index < -0.39 is 0 Å². The summed E-state index contributed by atoms with van der Waals surface area (Å²) in [7, 11) is 0. The van der Waals surface area contributed by atoms with Crippen molar-refractivity contribution in [2.45, 2.75) is 50.5 Å². The van der Waals surface area contributed by atoms with Crippen molar-refractivity contribution in [2.24, 2.45) is 0 Å². The van der Waals surface area contributed by atoms with Gasteiger partial charge in [0.25, 0.3) is 0 Å². The van der Waals surface area contributed by atoms with Gasteiger partial charge in [-0.15, -0.1) is 0 Å². The molecule has 1 saturated carbocycles.